The van der Waals surface area contributed by atoms with Crippen LogP contribution in [0.2, 0.25) is 10.0 Å². The maximum absolute atomic E-state index is 12.4. The van der Waals surface area contributed by atoms with E-state index < -0.39 is 12.0 Å². The molecule has 140 valence electrons. The fourth-order valence-corrected chi connectivity index (χ4v) is 2.83. The number of benzene rings is 1. The second-order valence-electron chi connectivity index (χ2n) is 5.84. The van der Waals surface area contributed by atoms with Crippen molar-refractivity contribution in [3.63, 3.8) is 0 Å². The van der Waals surface area contributed by atoms with Crippen LogP contribution in [0, 0.1) is 0 Å². The molecule has 0 fully saturated rings. The normalized spacial score (nSPS) is 12.0. The second kappa shape index (κ2) is 7.81. The van der Waals surface area contributed by atoms with Crippen molar-refractivity contribution in [2.24, 2.45) is 0 Å². The van der Waals surface area contributed by atoms with Crippen LogP contribution in [0.3, 0.4) is 0 Å². The topological polar surface area (TPSA) is 102 Å². The molecule has 8 nitrogen and oxygen atoms in total. The van der Waals surface area contributed by atoms with Gasteiger partial charge in [-0.05, 0) is 24.6 Å². The Morgan fingerprint density at radius 1 is 1.22 bits per heavy atom. The van der Waals surface area contributed by atoms with Crippen molar-refractivity contribution in [2.45, 2.75) is 19.5 Å². The number of carbonyl (C=O) groups excluding carboxylic acids is 1. The molecule has 0 saturated carbocycles. The van der Waals surface area contributed by atoms with Gasteiger partial charge in [-0.3, -0.25) is 14.2 Å². The third-order valence-corrected chi connectivity index (χ3v) is 4.46. The molecular formula is C17H15Cl2N5O3. The van der Waals surface area contributed by atoms with E-state index in [1.54, 1.807) is 29.9 Å². The number of amides is 1. The van der Waals surface area contributed by atoms with Crippen molar-refractivity contribution >= 4 is 40.8 Å². The van der Waals surface area contributed by atoms with Crippen molar-refractivity contribution in [2.75, 3.05) is 5.32 Å². The van der Waals surface area contributed by atoms with Gasteiger partial charge < -0.3 is 10.4 Å². The molecular weight excluding hydrogens is 393 g/mol. The van der Waals surface area contributed by atoms with Gasteiger partial charge in [0.1, 0.15) is 6.04 Å². The molecule has 1 amide bonds. The molecule has 1 aromatic carbocycles. The van der Waals surface area contributed by atoms with Crippen molar-refractivity contribution < 1.29 is 14.7 Å². The molecule has 2 heterocycles. The zero-order chi connectivity index (χ0) is 19.6. The van der Waals surface area contributed by atoms with Crippen LogP contribution in [0.1, 0.15) is 28.9 Å². The van der Waals surface area contributed by atoms with E-state index in [9.17, 15) is 9.59 Å². The minimum Gasteiger partial charge on any atom is -0.478 e. The fraction of sp³-hybridized carbons (Fsp3) is 0.176. The van der Waals surface area contributed by atoms with Crippen LogP contribution in [0.5, 0.6) is 0 Å². The zero-order valence-electron chi connectivity index (χ0n) is 14.1. The third kappa shape index (κ3) is 4.47. The van der Waals surface area contributed by atoms with E-state index in [0.29, 0.717) is 22.3 Å². The number of nitrogens with zero attached hydrogens (tertiary/aromatic N) is 4. The van der Waals surface area contributed by atoms with Crippen molar-refractivity contribution in [1.82, 2.24) is 19.6 Å². The molecule has 1 unspecified atom stereocenters. The number of carboxylic acids is 1. The van der Waals surface area contributed by atoms with E-state index in [0.717, 1.165) is 5.56 Å². The van der Waals surface area contributed by atoms with Crippen LogP contribution < -0.4 is 5.32 Å². The Bertz CT molecular complexity index is 998. The van der Waals surface area contributed by atoms with Gasteiger partial charge >= 0.3 is 5.97 Å². The quantitative estimate of drug-likeness (QED) is 0.652. The molecule has 0 aliphatic carbocycles. The molecule has 3 rings (SSSR count). The number of halogens is 2. The third-order valence-electron chi connectivity index (χ3n) is 3.87. The summed E-state index contributed by atoms with van der Waals surface area (Å²) in [5.41, 5.74) is 1.36. The van der Waals surface area contributed by atoms with Gasteiger partial charge in [-0.2, -0.15) is 10.2 Å². The predicted octanol–water partition coefficient (Wildman–Crippen LogP) is 3.33. The summed E-state index contributed by atoms with van der Waals surface area (Å²) in [6.45, 7) is 2.04. The smallest absolute Gasteiger partial charge is 0.338 e. The summed E-state index contributed by atoms with van der Waals surface area (Å²) < 4.78 is 2.92. The standard InChI is InChI=1S/C17H15Cl2N5O3/c1-10(24-8-12(5-21-24)17(26)27)16(25)22-14-6-20-23(9-14)7-11-2-3-13(18)4-15(11)19/h2-6,8-10H,7H2,1H3,(H,22,25)(H,26,27). The Morgan fingerprint density at radius 3 is 2.67 bits per heavy atom. The average molecular weight is 408 g/mol. The first kappa shape index (κ1) is 18.9. The van der Waals surface area contributed by atoms with Gasteiger partial charge in [0.25, 0.3) is 0 Å². The minimum absolute atomic E-state index is 0.0160. The number of nitrogens with one attached hydrogen (secondary N) is 1. The molecule has 10 heteroatoms. The lowest BCUT2D eigenvalue weighted by molar-refractivity contribution is -0.119. The first-order chi connectivity index (χ1) is 12.8. The summed E-state index contributed by atoms with van der Waals surface area (Å²) in [7, 11) is 0. The van der Waals surface area contributed by atoms with Gasteiger partial charge in [0.15, 0.2) is 0 Å². The maximum Gasteiger partial charge on any atom is 0.338 e. The average Bonchev–Trinajstić information content (AvgIpc) is 3.26. The van der Waals surface area contributed by atoms with E-state index >= 15 is 0 Å². The van der Waals surface area contributed by atoms with Crippen LogP contribution in [0.15, 0.2) is 43.0 Å². The number of hydrogen-bond donors (Lipinski definition) is 2. The summed E-state index contributed by atoms with van der Waals surface area (Å²) >= 11 is 12.0. The summed E-state index contributed by atoms with van der Waals surface area (Å²) in [4.78, 5) is 23.3. The highest BCUT2D eigenvalue weighted by Gasteiger charge is 2.18. The largest absolute Gasteiger partial charge is 0.478 e. The predicted molar refractivity (Wildman–Crippen MR) is 100 cm³/mol. The maximum atomic E-state index is 12.4. The molecule has 0 aliphatic rings. The fourth-order valence-electron chi connectivity index (χ4n) is 2.37. The summed E-state index contributed by atoms with van der Waals surface area (Å²) in [6.07, 6.45) is 5.68. The van der Waals surface area contributed by atoms with Crippen LogP contribution in [-0.4, -0.2) is 36.5 Å². The monoisotopic (exact) mass is 407 g/mol. The molecule has 0 radical (unpaired) electrons. The number of aromatic nitrogens is 4. The number of hydrogen-bond acceptors (Lipinski definition) is 4. The minimum atomic E-state index is -1.10. The lowest BCUT2D eigenvalue weighted by Crippen LogP contribution is -2.23. The Balaban J connectivity index is 1.65. The van der Waals surface area contributed by atoms with E-state index in [-0.39, 0.29) is 11.5 Å². The van der Waals surface area contributed by atoms with Gasteiger partial charge in [-0.25, -0.2) is 4.79 Å². The van der Waals surface area contributed by atoms with E-state index in [1.165, 1.54) is 23.3 Å². The van der Waals surface area contributed by atoms with Gasteiger partial charge in [0.2, 0.25) is 5.91 Å². The second-order valence-corrected chi connectivity index (χ2v) is 6.69. The Labute approximate surface area is 164 Å². The van der Waals surface area contributed by atoms with Crippen LogP contribution in [-0.2, 0) is 11.3 Å². The molecule has 0 saturated heterocycles. The molecule has 0 bridgehead atoms. The molecule has 3 aromatic rings. The molecule has 2 N–H and O–H groups in total. The lowest BCUT2D eigenvalue weighted by Gasteiger charge is -2.11. The Kier molecular flexibility index (Phi) is 5.48. The number of rotatable bonds is 6. The highest BCUT2D eigenvalue weighted by atomic mass is 35.5. The Morgan fingerprint density at radius 2 is 2.00 bits per heavy atom. The highest BCUT2D eigenvalue weighted by molar-refractivity contribution is 6.35. The Hall–Kier alpha value is -2.84. The molecule has 0 spiro atoms. The van der Waals surface area contributed by atoms with E-state index in [4.69, 9.17) is 28.3 Å². The number of carbonyl (C=O) groups is 2. The van der Waals surface area contributed by atoms with Gasteiger partial charge in [0.05, 0.1) is 30.2 Å². The molecule has 1 atom stereocenters. The number of carboxylic acid groups (broad SMARTS) is 1. The summed E-state index contributed by atoms with van der Waals surface area (Å²) in [5.74, 6) is -1.45. The molecule has 2 aromatic heterocycles. The van der Waals surface area contributed by atoms with E-state index in [1.807, 2.05) is 6.07 Å². The number of aromatic carboxylic acids is 1. The van der Waals surface area contributed by atoms with Gasteiger partial charge in [0, 0.05) is 22.4 Å². The van der Waals surface area contributed by atoms with Crippen molar-refractivity contribution in [3.05, 3.63) is 64.2 Å². The molecule has 27 heavy (non-hydrogen) atoms. The highest BCUT2D eigenvalue weighted by Crippen LogP contribution is 2.22. The van der Waals surface area contributed by atoms with Crippen molar-refractivity contribution in [1.29, 1.82) is 0 Å². The van der Waals surface area contributed by atoms with E-state index in [2.05, 4.69) is 15.5 Å². The number of anilines is 1. The lowest BCUT2D eigenvalue weighted by atomic mass is 10.2. The summed E-state index contributed by atoms with van der Waals surface area (Å²) in [6, 6.07) is 4.52. The first-order valence-corrected chi connectivity index (χ1v) is 8.64. The van der Waals surface area contributed by atoms with Crippen LogP contribution in [0.25, 0.3) is 0 Å². The van der Waals surface area contributed by atoms with Crippen LogP contribution >= 0.6 is 23.2 Å². The molecule has 0 aliphatic heterocycles. The first-order valence-electron chi connectivity index (χ1n) is 7.88. The van der Waals surface area contributed by atoms with Crippen molar-refractivity contribution in [3.8, 4) is 0 Å². The summed E-state index contributed by atoms with van der Waals surface area (Å²) in [5, 5.41) is 20.8. The van der Waals surface area contributed by atoms with Crippen LogP contribution in [0.4, 0.5) is 5.69 Å². The zero-order valence-corrected chi connectivity index (χ0v) is 15.6. The van der Waals surface area contributed by atoms with Gasteiger partial charge in [-0.15, -0.1) is 0 Å². The van der Waals surface area contributed by atoms with Gasteiger partial charge in [-0.1, -0.05) is 29.3 Å². The SMILES string of the molecule is CC(C(=O)Nc1cnn(Cc2ccc(Cl)cc2Cl)c1)n1cc(C(=O)O)cn1.